The lowest BCUT2D eigenvalue weighted by atomic mass is 10.0. The normalized spacial score (nSPS) is 19.8. The molecule has 27 heavy (non-hydrogen) atoms. The molecule has 6 N–H and O–H groups in total. The average molecular weight is 386 g/mol. The van der Waals surface area contributed by atoms with Gasteiger partial charge in [0, 0.05) is 0 Å². The Kier molecular flexibility index (Phi) is 9.16. The van der Waals surface area contributed by atoms with Crippen LogP contribution in [0.4, 0.5) is 0 Å². The number of rotatable bonds is 10. The number of aliphatic carboxylic acids is 1. The second-order valence-electron chi connectivity index (χ2n) is 7.15. The Labute approximate surface area is 158 Å². The van der Waals surface area contributed by atoms with Crippen LogP contribution in [-0.4, -0.2) is 71.2 Å². The number of aliphatic hydroxyl groups is 1. The summed E-state index contributed by atoms with van der Waals surface area (Å²) in [7, 11) is 0. The second kappa shape index (κ2) is 10.8. The molecule has 1 aliphatic rings. The SMILES string of the molecule is CC(C)CC(NC(=O)C(CO)NC(=O)C1CCCN1)C(=O)NC(C)C(=O)O. The smallest absolute Gasteiger partial charge is 0.325 e. The Bertz CT molecular complexity index is 548. The molecule has 1 rings (SSSR count). The summed E-state index contributed by atoms with van der Waals surface area (Å²) in [6, 6.07) is -3.68. The van der Waals surface area contributed by atoms with Gasteiger partial charge in [0.15, 0.2) is 0 Å². The van der Waals surface area contributed by atoms with Crippen LogP contribution in [0.5, 0.6) is 0 Å². The summed E-state index contributed by atoms with van der Waals surface area (Å²) in [6.07, 6.45) is 1.78. The Hall–Kier alpha value is -2.20. The van der Waals surface area contributed by atoms with E-state index < -0.39 is 48.6 Å². The van der Waals surface area contributed by atoms with Crippen molar-refractivity contribution < 1.29 is 29.4 Å². The summed E-state index contributed by atoms with van der Waals surface area (Å²) < 4.78 is 0. The summed E-state index contributed by atoms with van der Waals surface area (Å²) in [5.41, 5.74) is 0. The van der Waals surface area contributed by atoms with Crippen LogP contribution in [0.15, 0.2) is 0 Å². The van der Waals surface area contributed by atoms with Crippen LogP contribution in [0.2, 0.25) is 0 Å². The fourth-order valence-corrected chi connectivity index (χ4v) is 2.73. The van der Waals surface area contributed by atoms with E-state index in [1.54, 1.807) is 0 Å². The maximum atomic E-state index is 12.4. The van der Waals surface area contributed by atoms with Crippen molar-refractivity contribution in [2.24, 2.45) is 5.92 Å². The highest BCUT2D eigenvalue weighted by Crippen LogP contribution is 2.07. The maximum Gasteiger partial charge on any atom is 0.325 e. The first-order chi connectivity index (χ1) is 12.6. The van der Waals surface area contributed by atoms with Gasteiger partial charge in [0.1, 0.15) is 18.1 Å². The molecule has 0 aliphatic carbocycles. The third-order valence-electron chi connectivity index (χ3n) is 4.26. The summed E-state index contributed by atoms with van der Waals surface area (Å²) >= 11 is 0. The van der Waals surface area contributed by atoms with E-state index in [0.717, 1.165) is 6.42 Å². The quantitative estimate of drug-likeness (QED) is 0.262. The minimum Gasteiger partial charge on any atom is -0.480 e. The summed E-state index contributed by atoms with van der Waals surface area (Å²) in [5.74, 6) is -2.86. The van der Waals surface area contributed by atoms with E-state index in [9.17, 15) is 24.3 Å². The molecule has 0 radical (unpaired) electrons. The molecule has 0 saturated carbocycles. The van der Waals surface area contributed by atoms with Crippen molar-refractivity contribution in [3.05, 3.63) is 0 Å². The molecule has 0 bridgehead atoms. The first-order valence-corrected chi connectivity index (χ1v) is 9.13. The van der Waals surface area contributed by atoms with E-state index in [-0.39, 0.29) is 18.2 Å². The Morgan fingerprint density at radius 1 is 1.04 bits per heavy atom. The van der Waals surface area contributed by atoms with Gasteiger partial charge in [0.25, 0.3) is 0 Å². The van der Waals surface area contributed by atoms with Gasteiger partial charge in [-0.3, -0.25) is 19.2 Å². The van der Waals surface area contributed by atoms with Crippen LogP contribution in [0.25, 0.3) is 0 Å². The lowest BCUT2D eigenvalue weighted by Crippen LogP contribution is -2.58. The van der Waals surface area contributed by atoms with Gasteiger partial charge in [-0.05, 0) is 38.6 Å². The topological polar surface area (TPSA) is 157 Å². The van der Waals surface area contributed by atoms with E-state index >= 15 is 0 Å². The van der Waals surface area contributed by atoms with Crippen LogP contribution in [0, 0.1) is 5.92 Å². The lowest BCUT2D eigenvalue weighted by molar-refractivity contribution is -0.142. The number of aliphatic hydroxyl groups excluding tert-OH is 1. The number of carbonyl (C=O) groups is 4. The predicted octanol–water partition coefficient (Wildman–Crippen LogP) is -1.66. The van der Waals surface area contributed by atoms with Crippen LogP contribution < -0.4 is 21.3 Å². The molecule has 154 valence electrons. The van der Waals surface area contributed by atoms with Gasteiger partial charge in [-0.2, -0.15) is 0 Å². The van der Waals surface area contributed by atoms with Crippen molar-refractivity contribution in [1.82, 2.24) is 21.3 Å². The van der Waals surface area contributed by atoms with Gasteiger partial charge >= 0.3 is 5.97 Å². The van der Waals surface area contributed by atoms with E-state index in [1.807, 2.05) is 13.8 Å². The summed E-state index contributed by atoms with van der Waals surface area (Å²) in [6.45, 7) is 5.12. The first-order valence-electron chi connectivity index (χ1n) is 9.13. The monoisotopic (exact) mass is 386 g/mol. The molecule has 0 aromatic rings. The molecule has 0 spiro atoms. The standard InChI is InChI=1S/C17H30N4O6/c1-9(2)7-12(15(24)19-10(3)17(26)27)20-16(25)13(8-22)21-14(23)11-5-4-6-18-11/h9-13,18,22H,4-8H2,1-3H3,(H,19,24)(H,20,25)(H,21,23)(H,26,27). The Balaban J connectivity index is 2.72. The zero-order valence-electron chi connectivity index (χ0n) is 15.9. The molecule has 4 atom stereocenters. The number of hydrogen-bond donors (Lipinski definition) is 6. The van der Waals surface area contributed by atoms with Gasteiger partial charge in [0.2, 0.25) is 17.7 Å². The van der Waals surface area contributed by atoms with Gasteiger partial charge < -0.3 is 31.5 Å². The van der Waals surface area contributed by atoms with Crippen LogP contribution in [0.1, 0.15) is 40.0 Å². The molecule has 10 heteroatoms. The molecule has 3 amide bonds. The fraction of sp³-hybridized carbons (Fsp3) is 0.765. The third-order valence-corrected chi connectivity index (χ3v) is 4.26. The fourth-order valence-electron chi connectivity index (χ4n) is 2.73. The molecule has 0 aromatic carbocycles. The molecule has 1 heterocycles. The lowest BCUT2D eigenvalue weighted by Gasteiger charge is -2.24. The van der Waals surface area contributed by atoms with E-state index in [2.05, 4.69) is 21.3 Å². The zero-order valence-corrected chi connectivity index (χ0v) is 15.9. The number of carboxylic acid groups (broad SMARTS) is 1. The summed E-state index contributed by atoms with van der Waals surface area (Å²) in [5, 5.41) is 28.7. The molecular weight excluding hydrogens is 356 g/mol. The molecular formula is C17H30N4O6. The highest BCUT2D eigenvalue weighted by molar-refractivity contribution is 5.94. The number of amides is 3. The van der Waals surface area contributed by atoms with Crippen molar-refractivity contribution in [3.63, 3.8) is 0 Å². The third kappa shape index (κ3) is 7.51. The number of hydrogen-bond acceptors (Lipinski definition) is 6. The average Bonchev–Trinajstić information content (AvgIpc) is 3.12. The summed E-state index contributed by atoms with van der Waals surface area (Å²) in [4.78, 5) is 47.8. The van der Waals surface area contributed by atoms with Crippen LogP contribution in [0.3, 0.4) is 0 Å². The molecule has 4 unspecified atom stereocenters. The number of nitrogens with one attached hydrogen (secondary N) is 4. The second-order valence-corrected chi connectivity index (χ2v) is 7.15. The molecule has 0 aromatic heterocycles. The van der Waals surface area contributed by atoms with E-state index in [0.29, 0.717) is 13.0 Å². The minimum absolute atomic E-state index is 0.0473. The van der Waals surface area contributed by atoms with Crippen molar-refractivity contribution in [2.45, 2.75) is 64.2 Å². The first kappa shape index (κ1) is 22.8. The van der Waals surface area contributed by atoms with Gasteiger partial charge in [-0.1, -0.05) is 13.8 Å². The van der Waals surface area contributed by atoms with Gasteiger partial charge in [0.05, 0.1) is 12.6 Å². The molecule has 1 fully saturated rings. The Morgan fingerprint density at radius 3 is 2.15 bits per heavy atom. The minimum atomic E-state index is -1.20. The molecule has 10 nitrogen and oxygen atoms in total. The van der Waals surface area contributed by atoms with Gasteiger partial charge in [-0.25, -0.2) is 0 Å². The van der Waals surface area contributed by atoms with Crippen molar-refractivity contribution >= 4 is 23.7 Å². The van der Waals surface area contributed by atoms with Crippen molar-refractivity contribution in [2.75, 3.05) is 13.2 Å². The zero-order chi connectivity index (χ0) is 20.6. The van der Waals surface area contributed by atoms with Crippen molar-refractivity contribution in [3.8, 4) is 0 Å². The Morgan fingerprint density at radius 2 is 1.67 bits per heavy atom. The highest BCUT2D eigenvalue weighted by Gasteiger charge is 2.30. The largest absolute Gasteiger partial charge is 0.480 e. The van der Waals surface area contributed by atoms with E-state index in [4.69, 9.17) is 5.11 Å². The van der Waals surface area contributed by atoms with Gasteiger partial charge in [-0.15, -0.1) is 0 Å². The molecule has 1 aliphatic heterocycles. The van der Waals surface area contributed by atoms with Crippen molar-refractivity contribution in [1.29, 1.82) is 0 Å². The van der Waals surface area contributed by atoms with Crippen LogP contribution >= 0.6 is 0 Å². The number of carboxylic acids is 1. The highest BCUT2D eigenvalue weighted by atomic mass is 16.4. The number of carbonyl (C=O) groups excluding carboxylic acids is 3. The van der Waals surface area contributed by atoms with Crippen LogP contribution in [-0.2, 0) is 19.2 Å². The molecule has 1 saturated heterocycles. The predicted molar refractivity (Wildman–Crippen MR) is 96.7 cm³/mol. The van der Waals surface area contributed by atoms with E-state index in [1.165, 1.54) is 6.92 Å². The maximum absolute atomic E-state index is 12.4.